The molecule has 0 unspecified atom stereocenters. The molecule has 0 spiro atoms. The van der Waals surface area contributed by atoms with Crippen molar-refractivity contribution in [3.05, 3.63) is 82.3 Å². The number of halogens is 1. The number of amides is 1. The Balaban J connectivity index is 0.00000363. The number of carbonyl (C=O) groups excluding carboxylic acids is 1. The Morgan fingerprint density at radius 2 is 1.94 bits per heavy atom. The molecule has 7 nitrogen and oxygen atoms in total. The maximum atomic E-state index is 14.3. The van der Waals surface area contributed by atoms with Crippen LogP contribution in [0.25, 0.3) is 11.1 Å². The number of rotatable bonds is 7. The van der Waals surface area contributed by atoms with E-state index in [1.54, 1.807) is 24.3 Å². The summed E-state index contributed by atoms with van der Waals surface area (Å²) in [6.45, 7) is 5.33. The summed E-state index contributed by atoms with van der Waals surface area (Å²) in [5, 5.41) is 15.1. The molecular weight excluding hydrogens is 532 g/mol. The van der Waals surface area contributed by atoms with E-state index in [4.69, 9.17) is 0 Å². The molecule has 0 saturated heterocycles. The average Bonchev–Trinajstić information content (AvgIpc) is 2.73. The van der Waals surface area contributed by atoms with Gasteiger partial charge in [0.2, 0.25) is 0 Å². The van der Waals surface area contributed by atoms with Crippen molar-refractivity contribution in [3.63, 3.8) is 0 Å². The third-order valence-corrected chi connectivity index (χ3v) is 4.65. The first-order valence-electron chi connectivity index (χ1n) is 9.80. The Hall–Kier alpha value is -1.47. The molecule has 32 heavy (non-hydrogen) atoms. The summed E-state index contributed by atoms with van der Waals surface area (Å²) in [5.41, 5.74) is 1.83. The van der Waals surface area contributed by atoms with Crippen LogP contribution in [0, 0.1) is 11.9 Å². The second-order valence-electron chi connectivity index (χ2n) is 7.44. The molecule has 0 atom stereocenters. The molecular formula is C23H24CsFN4O3. The van der Waals surface area contributed by atoms with Gasteiger partial charge in [0.25, 0.3) is 11.5 Å². The number of carbonyl (C=O) groups is 1. The van der Waals surface area contributed by atoms with Crippen LogP contribution in [-0.4, -0.2) is 27.5 Å². The summed E-state index contributed by atoms with van der Waals surface area (Å²) in [5.74, 6) is -0.972. The van der Waals surface area contributed by atoms with E-state index in [0.717, 1.165) is 0 Å². The molecule has 4 N–H and O–H groups in total. The number of pyridine rings is 2. The van der Waals surface area contributed by atoms with E-state index in [2.05, 4.69) is 20.6 Å². The molecule has 0 aliphatic rings. The molecule has 162 valence electrons. The first-order valence-corrected chi connectivity index (χ1v) is 9.80. The predicted molar refractivity (Wildman–Crippen MR) is 117 cm³/mol. The average molecular weight is 556 g/mol. The van der Waals surface area contributed by atoms with E-state index in [1.807, 2.05) is 13.8 Å². The second-order valence-corrected chi connectivity index (χ2v) is 7.44. The summed E-state index contributed by atoms with van der Waals surface area (Å²) in [6, 6.07) is 9.26. The van der Waals surface area contributed by atoms with Crippen molar-refractivity contribution in [3.8, 4) is 11.1 Å². The van der Waals surface area contributed by atoms with Crippen LogP contribution in [0.1, 0.15) is 42.7 Å². The summed E-state index contributed by atoms with van der Waals surface area (Å²) < 4.78 is 14.3. The Morgan fingerprint density at radius 1 is 1.22 bits per heavy atom. The number of benzene rings is 1. The van der Waals surface area contributed by atoms with Gasteiger partial charge in [-0.25, -0.2) is 4.39 Å². The van der Waals surface area contributed by atoms with Crippen molar-refractivity contribution in [2.24, 2.45) is 0 Å². The number of nitrogens with zero attached hydrogens (tertiary/aromatic N) is 1. The van der Waals surface area contributed by atoms with Crippen molar-refractivity contribution in [1.82, 2.24) is 15.3 Å². The van der Waals surface area contributed by atoms with Gasteiger partial charge < -0.3 is 20.7 Å². The number of aliphatic hydroxyl groups excluding tert-OH is 1. The normalized spacial score (nSPS) is 10.7. The van der Waals surface area contributed by atoms with Crippen molar-refractivity contribution in [2.45, 2.75) is 26.7 Å². The minimum Gasteiger partial charge on any atom is -0.561 e. The summed E-state index contributed by atoms with van der Waals surface area (Å²) in [4.78, 5) is 32.1. The van der Waals surface area contributed by atoms with Gasteiger partial charge in [0.15, 0.2) is 0 Å². The molecule has 0 saturated carbocycles. The van der Waals surface area contributed by atoms with Gasteiger partial charge in [-0.2, -0.15) is 13.0 Å². The van der Waals surface area contributed by atoms with Gasteiger partial charge in [-0.05, 0) is 24.1 Å². The number of nitrogens with one attached hydrogen (secondary N) is 3. The van der Waals surface area contributed by atoms with Gasteiger partial charge in [0, 0.05) is 23.7 Å². The predicted octanol–water partition coefficient (Wildman–Crippen LogP) is 1.10. The van der Waals surface area contributed by atoms with Crippen molar-refractivity contribution in [1.29, 1.82) is 0 Å². The molecule has 2 aromatic heterocycles. The molecule has 0 aliphatic heterocycles. The molecule has 0 radical (unpaired) electrons. The minimum absolute atomic E-state index is 0. The Kier molecular flexibility index (Phi) is 10.1. The van der Waals surface area contributed by atoms with Crippen molar-refractivity contribution in [2.75, 3.05) is 11.9 Å². The number of aromatic nitrogens is 2. The van der Waals surface area contributed by atoms with Crippen LogP contribution >= 0.6 is 0 Å². The third kappa shape index (κ3) is 6.53. The Bertz CT molecular complexity index is 1150. The standard InChI is InChI=1S/C23H24FN4O3.Cs/c1-13(2)21-20(10-16(23(31)28-21)15-6-4-5-7-18(15)24)27-19-8-9-25-12-17(19)22(30)26-11-14(3)29;/h4-10,12-13,29H,11H2,1-3H3,(H,25,27)(H,26,30)(H,28,31);/q-1;+1. The van der Waals surface area contributed by atoms with Crippen LogP contribution in [0.2, 0.25) is 0 Å². The van der Waals surface area contributed by atoms with Crippen LogP contribution in [0.5, 0.6) is 0 Å². The zero-order chi connectivity index (χ0) is 22.5. The van der Waals surface area contributed by atoms with Gasteiger partial charge in [0.05, 0.1) is 22.5 Å². The monoisotopic (exact) mass is 556 g/mol. The van der Waals surface area contributed by atoms with Gasteiger partial charge in [-0.1, -0.05) is 38.6 Å². The van der Waals surface area contributed by atoms with Crippen molar-refractivity contribution >= 4 is 17.3 Å². The van der Waals surface area contributed by atoms with Gasteiger partial charge >= 0.3 is 68.9 Å². The molecule has 9 heteroatoms. The molecule has 0 bridgehead atoms. The fourth-order valence-electron chi connectivity index (χ4n) is 3.12. The first-order chi connectivity index (χ1) is 14.8. The number of aromatic amines is 1. The van der Waals surface area contributed by atoms with Crippen LogP contribution in [0.15, 0.2) is 53.6 Å². The Labute approximate surface area is 244 Å². The van der Waals surface area contributed by atoms with E-state index in [1.165, 1.54) is 31.5 Å². The first kappa shape index (κ1) is 26.8. The molecule has 2 heterocycles. The molecule has 1 amide bonds. The molecule has 0 fully saturated rings. The van der Waals surface area contributed by atoms with Crippen LogP contribution in [0.3, 0.4) is 0 Å². The van der Waals surface area contributed by atoms with Gasteiger partial charge in [-0.15, -0.1) is 0 Å². The van der Waals surface area contributed by atoms with E-state index in [-0.39, 0.29) is 104 Å². The maximum absolute atomic E-state index is 14.3. The van der Waals surface area contributed by atoms with E-state index < -0.39 is 17.3 Å². The zero-order valence-electron chi connectivity index (χ0n) is 18.5. The largest absolute Gasteiger partial charge is 1.00 e. The summed E-state index contributed by atoms with van der Waals surface area (Å²) in [7, 11) is 0. The molecule has 0 aliphatic carbocycles. The van der Waals surface area contributed by atoms with Crippen LogP contribution in [-0.2, 0) is 0 Å². The number of hydrogen-bond donors (Lipinski definition) is 4. The fourth-order valence-corrected chi connectivity index (χ4v) is 3.12. The third-order valence-electron chi connectivity index (χ3n) is 4.65. The number of aliphatic hydroxyl groups is 1. The summed E-state index contributed by atoms with van der Waals surface area (Å²) >= 11 is 0. The fraction of sp³-hybridized carbons (Fsp3) is 0.217. The topological polar surface area (TPSA) is 107 Å². The Morgan fingerprint density at radius 3 is 2.59 bits per heavy atom. The van der Waals surface area contributed by atoms with E-state index in [9.17, 15) is 19.1 Å². The van der Waals surface area contributed by atoms with E-state index in [0.29, 0.717) is 17.1 Å². The summed E-state index contributed by atoms with van der Waals surface area (Å²) in [6.07, 6.45) is 3.01. The SMILES string of the molecule is C[C-](O)CNC(=O)c1cnccc1Nc1cc(-c2ccccc2F)c(=O)[nH]c1C(C)C.[Cs+]. The molecule has 1 aromatic carbocycles. The maximum Gasteiger partial charge on any atom is 1.00 e. The quantitative estimate of drug-likeness (QED) is 0.327. The smallest absolute Gasteiger partial charge is 0.561 e. The number of H-pyrrole nitrogens is 1. The van der Waals surface area contributed by atoms with Crippen LogP contribution in [0.4, 0.5) is 15.8 Å². The van der Waals surface area contributed by atoms with Crippen molar-refractivity contribution < 1.29 is 83.2 Å². The van der Waals surface area contributed by atoms with Gasteiger partial charge in [-0.3, -0.25) is 14.6 Å². The minimum atomic E-state index is -0.504. The van der Waals surface area contributed by atoms with Crippen LogP contribution < -0.4 is 85.1 Å². The second kappa shape index (κ2) is 12.1. The number of hydrogen-bond acceptors (Lipinski definition) is 5. The molecule has 3 aromatic rings. The van der Waals surface area contributed by atoms with E-state index >= 15 is 0 Å². The van der Waals surface area contributed by atoms with Gasteiger partial charge in [0.1, 0.15) is 5.82 Å². The number of anilines is 2. The molecule has 3 rings (SSSR count). The zero-order valence-corrected chi connectivity index (χ0v) is 24.8.